The van der Waals surface area contributed by atoms with Crippen molar-refractivity contribution < 1.29 is 10.2 Å². The zero-order valence-electron chi connectivity index (χ0n) is 12.4. The number of hydrogen-bond donors (Lipinski definition) is 2. The van der Waals surface area contributed by atoms with Crippen LogP contribution in [0.5, 0.6) is 11.5 Å². The Balaban J connectivity index is 2.84. The Morgan fingerprint density at radius 2 is 1.45 bits per heavy atom. The fraction of sp³-hybridized carbons (Fsp3) is 0.333. The van der Waals surface area contributed by atoms with Gasteiger partial charge in [-0.05, 0) is 48.1 Å². The third-order valence-electron chi connectivity index (χ3n) is 3.87. The highest BCUT2D eigenvalue weighted by atomic mass is 16.3. The van der Waals surface area contributed by atoms with Crippen LogP contribution < -0.4 is 0 Å². The van der Waals surface area contributed by atoms with E-state index < -0.39 is 0 Å². The van der Waals surface area contributed by atoms with Gasteiger partial charge < -0.3 is 10.2 Å². The average molecular weight is 270 g/mol. The fourth-order valence-electron chi connectivity index (χ4n) is 2.90. The first kappa shape index (κ1) is 14.4. The molecular formula is C18H22O2. The third-order valence-corrected chi connectivity index (χ3v) is 3.87. The van der Waals surface area contributed by atoms with Crippen molar-refractivity contribution in [2.24, 2.45) is 0 Å². The van der Waals surface area contributed by atoms with Gasteiger partial charge in [0, 0.05) is 11.1 Å². The lowest BCUT2D eigenvalue weighted by Gasteiger charge is -2.19. The Morgan fingerprint density at radius 3 is 2.00 bits per heavy atom. The van der Waals surface area contributed by atoms with Crippen LogP contribution in [0.25, 0.3) is 11.1 Å². The number of aryl methyl sites for hydroxylation is 1. The number of rotatable bonds is 4. The molecule has 0 saturated carbocycles. The van der Waals surface area contributed by atoms with E-state index >= 15 is 0 Å². The van der Waals surface area contributed by atoms with Crippen LogP contribution in [0.2, 0.25) is 0 Å². The van der Waals surface area contributed by atoms with E-state index in [1.165, 1.54) is 5.56 Å². The van der Waals surface area contributed by atoms with Crippen LogP contribution in [-0.2, 0) is 19.3 Å². The molecule has 0 aliphatic rings. The fourth-order valence-corrected chi connectivity index (χ4v) is 2.90. The summed E-state index contributed by atoms with van der Waals surface area (Å²) >= 11 is 0. The minimum atomic E-state index is 0.268. The SMILES string of the molecule is CCc1cc(O)c(CC)c(-c2ccccc2O)c1CC. The molecule has 0 radical (unpaired) electrons. The van der Waals surface area contributed by atoms with E-state index in [1.807, 2.05) is 31.2 Å². The molecule has 0 aliphatic heterocycles. The second-order valence-corrected chi connectivity index (χ2v) is 4.96. The summed E-state index contributed by atoms with van der Waals surface area (Å²) in [5.41, 5.74) is 5.11. The summed E-state index contributed by atoms with van der Waals surface area (Å²) in [6.45, 7) is 6.24. The zero-order valence-corrected chi connectivity index (χ0v) is 12.4. The van der Waals surface area contributed by atoms with Gasteiger partial charge in [0.25, 0.3) is 0 Å². The number of phenols is 2. The minimum absolute atomic E-state index is 0.268. The van der Waals surface area contributed by atoms with Gasteiger partial charge in [-0.2, -0.15) is 0 Å². The molecule has 0 heterocycles. The molecule has 20 heavy (non-hydrogen) atoms. The molecule has 0 bridgehead atoms. The Bertz CT molecular complexity index is 615. The molecular weight excluding hydrogens is 248 g/mol. The second kappa shape index (κ2) is 6.00. The molecule has 0 aliphatic carbocycles. The summed E-state index contributed by atoms with van der Waals surface area (Å²) in [6.07, 6.45) is 2.51. The second-order valence-electron chi connectivity index (χ2n) is 4.96. The van der Waals surface area contributed by atoms with Crippen molar-refractivity contribution in [3.63, 3.8) is 0 Å². The first-order chi connectivity index (χ1) is 9.63. The largest absolute Gasteiger partial charge is 0.508 e. The first-order valence-electron chi connectivity index (χ1n) is 7.28. The van der Waals surface area contributed by atoms with Crippen molar-refractivity contribution in [3.8, 4) is 22.6 Å². The molecule has 2 aromatic rings. The van der Waals surface area contributed by atoms with Crippen LogP contribution in [0.15, 0.2) is 30.3 Å². The molecule has 0 unspecified atom stereocenters. The molecule has 0 aromatic heterocycles. The number of phenolic OH excluding ortho intramolecular Hbond substituents is 2. The van der Waals surface area contributed by atoms with Crippen LogP contribution >= 0.6 is 0 Å². The normalized spacial score (nSPS) is 10.8. The molecule has 2 heteroatoms. The van der Waals surface area contributed by atoms with Gasteiger partial charge in [0.2, 0.25) is 0 Å². The monoisotopic (exact) mass is 270 g/mol. The van der Waals surface area contributed by atoms with E-state index in [2.05, 4.69) is 13.8 Å². The maximum Gasteiger partial charge on any atom is 0.123 e. The third kappa shape index (κ3) is 2.38. The van der Waals surface area contributed by atoms with Gasteiger partial charge in [-0.1, -0.05) is 39.0 Å². The Morgan fingerprint density at radius 1 is 0.800 bits per heavy atom. The van der Waals surface area contributed by atoms with Gasteiger partial charge in [-0.15, -0.1) is 0 Å². The van der Waals surface area contributed by atoms with Gasteiger partial charge in [0.05, 0.1) is 0 Å². The van der Waals surface area contributed by atoms with E-state index in [1.54, 1.807) is 6.07 Å². The van der Waals surface area contributed by atoms with Crippen molar-refractivity contribution >= 4 is 0 Å². The smallest absolute Gasteiger partial charge is 0.123 e. The number of para-hydroxylation sites is 1. The van der Waals surface area contributed by atoms with Crippen LogP contribution in [0.4, 0.5) is 0 Å². The van der Waals surface area contributed by atoms with Crippen LogP contribution in [0.1, 0.15) is 37.5 Å². The summed E-state index contributed by atoms with van der Waals surface area (Å²) in [7, 11) is 0. The van der Waals surface area contributed by atoms with Crippen molar-refractivity contribution in [3.05, 3.63) is 47.0 Å². The van der Waals surface area contributed by atoms with E-state index in [0.717, 1.165) is 41.5 Å². The average Bonchev–Trinajstić information content (AvgIpc) is 2.46. The molecule has 106 valence electrons. The first-order valence-corrected chi connectivity index (χ1v) is 7.28. The minimum Gasteiger partial charge on any atom is -0.508 e. The standard InChI is InChI=1S/C18H22O2/c1-4-12-11-17(20)14(6-3)18(13(12)5-2)15-9-7-8-10-16(15)19/h7-11,19-20H,4-6H2,1-3H3. The van der Waals surface area contributed by atoms with Crippen LogP contribution in [-0.4, -0.2) is 10.2 Å². The molecule has 0 saturated heterocycles. The predicted octanol–water partition coefficient (Wildman–Crippen LogP) is 4.45. The predicted molar refractivity (Wildman–Crippen MR) is 83.3 cm³/mol. The number of benzene rings is 2. The molecule has 2 N–H and O–H groups in total. The topological polar surface area (TPSA) is 40.5 Å². The summed E-state index contributed by atoms with van der Waals surface area (Å²) in [5, 5.41) is 20.5. The van der Waals surface area contributed by atoms with Crippen molar-refractivity contribution in [2.45, 2.75) is 40.0 Å². The van der Waals surface area contributed by atoms with Gasteiger partial charge in [0.1, 0.15) is 11.5 Å². The molecule has 0 spiro atoms. The van der Waals surface area contributed by atoms with Gasteiger partial charge >= 0.3 is 0 Å². The highest BCUT2D eigenvalue weighted by molar-refractivity contribution is 5.79. The van der Waals surface area contributed by atoms with E-state index in [-0.39, 0.29) is 5.75 Å². The summed E-state index contributed by atoms with van der Waals surface area (Å²) in [6, 6.07) is 9.23. The lowest BCUT2D eigenvalue weighted by atomic mass is 9.86. The van der Waals surface area contributed by atoms with Crippen molar-refractivity contribution in [1.82, 2.24) is 0 Å². The van der Waals surface area contributed by atoms with Gasteiger partial charge in [-0.3, -0.25) is 0 Å². The van der Waals surface area contributed by atoms with Gasteiger partial charge in [-0.25, -0.2) is 0 Å². The van der Waals surface area contributed by atoms with Crippen LogP contribution in [0, 0.1) is 0 Å². The summed E-state index contributed by atoms with van der Waals surface area (Å²) < 4.78 is 0. The lowest BCUT2D eigenvalue weighted by Crippen LogP contribution is -2.00. The molecule has 0 amide bonds. The Labute approximate surface area is 120 Å². The van der Waals surface area contributed by atoms with E-state index in [0.29, 0.717) is 5.75 Å². The Hall–Kier alpha value is -1.96. The van der Waals surface area contributed by atoms with Gasteiger partial charge in [0.15, 0.2) is 0 Å². The molecule has 0 atom stereocenters. The summed E-state index contributed by atoms with van der Waals surface area (Å²) in [4.78, 5) is 0. The highest BCUT2D eigenvalue weighted by Gasteiger charge is 2.18. The quantitative estimate of drug-likeness (QED) is 0.861. The number of aromatic hydroxyl groups is 2. The molecule has 2 aromatic carbocycles. The maximum absolute atomic E-state index is 10.3. The van der Waals surface area contributed by atoms with Crippen LogP contribution in [0.3, 0.4) is 0 Å². The molecule has 2 rings (SSSR count). The lowest BCUT2D eigenvalue weighted by molar-refractivity contribution is 0.467. The highest BCUT2D eigenvalue weighted by Crippen LogP contribution is 2.40. The number of hydrogen-bond acceptors (Lipinski definition) is 2. The van der Waals surface area contributed by atoms with Crippen molar-refractivity contribution in [1.29, 1.82) is 0 Å². The Kier molecular flexibility index (Phi) is 4.33. The zero-order chi connectivity index (χ0) is 14.7. The van der Waals surface area contributed by atoms with E-state index in [9.17, 15) is 10.2 Å². The maximum atomic E-state index is 10.3. The van der Waals surface area contributed by atoms with E-state index in [4.69, 9.17) is 0 Å². The molecule has 0 fully saturated rings. The molecule has 2 nitrogen and oxygen atoms in total. The van der Waals surface area contributed by atoms with Crippen molar-refractivity contribution in [2.75, 3.05) is 0 Å². The summed E-state index contributed by atoms with van der Waals surface area (Å²) in [5.74, 6) is 0.601.